The molecule has 0 aliphatic heterocycles. The summed E-state index contributed by atoms with van der Waals surface area (Å²) in [6.45, 7) is 4.00. The molecule has 1 fully saturated rings. The molecule has 0 radical (unpaired) electrons. The predicted octanol–water partition coefficient (Wildman–Crippen LogP) is 2.48. The monoisotopic (exact) mass is 233 g/mol. The third-order valence-electron chi connectivity index (χ3n) is 3.51. The van der Waals surface area contributed by atoms with E-state index < -0.39 is 5.60 Å². The topological polar surface area (TPSA) is 52.3 Å². The maximum Gasteiger partial charge on any atom is 0.261 e. The second kappa shape index (κ2) is 4.40. The van der Waals surface area contributed by atoms with Crippen LogP contribution in [0.4, 0.5) is 0 Å². The Kier molecular flexibility index (Phi) is 3.09. The SMILES string of the molecule is Cc1ccc(C)c(OC2(C(N)=O)CCCC2)c1. The van der Waals surface area contributed by atoms with Gasteiger partial charge in [0.05, 0.1) is 0 Å². The van der Waals surface area contributed by atoms with Gasteiger partial charge in [0.2, 0.25) is 0 Å². The minimum absolute atomic E-state index is 0.337. The van der Waals surface area contributed by atoms with E-state index in [0.29, 0.717) is 0 Å². The van der Waals surface area contributed by atoms with Gasteiger partial charge < -0.3 is 10.5 Å². The van der Waals surface area contributed by atoms with Crippen LogP contribution < -0.4 is 10.5 Å². The quantitative estimate of drug-likeness (QED) is 0.872. The van der Waals surface area contributed by atoms with Gasteiger partial charge in [0.25, 0.3) is 5.91 Å². The van der Waals surface area contributed by atoms with Crippen molar-refractivity contribution in [3.8, 4) is 5.75 Å². The number of carbonyl (C=O) groups excluding carboxylic acids is 1. The lowest BCUT2D eigenvalue weighted by Gasteiger charge is -2.27. The third kappa shape index (κ3) is 2.28. The van der Waals surface area contributed by atoms with Gasteiger partial charge in [-0.05, 0) is 56.7 Å². The van der Waals surface area contributed by atoms with Crippen LogP contribution in [-0.4, -0.2) is 11.5 Å². The predicted molar refractivity (Wildman–Crippen MR) is 66.9 cm³/mol. The molecule has 1 aromatic carbocycles. The van der Waals surface area contributed by atoms with Gasteiger partial charge >= 0.3 is 0 Å². The van der Waals surface area contributed by atoms with Crippen LogP contribution in [0.3, 0.4) is 0 Å². The highest BCUT2D eigenvalue weighted by atomic mass is 16.5. The summed E-state index contributed by atoms with van der Waals surface area (Å²) in [7, 11) is 0. The van der Waals surface area contributed by atoms with Crippen molar-refractivity contribution in [3.05, 3.63) is 29.3 Å². The van der Waals surface area contributed by atoms with Crippen LogP contribution in [0, 0.1) is 13.8 Å². The number of nitrogens with two attached hydrogens (primary N) is 1. The Morgan fingerprint density at radius 3 is 2.53 bits per heavy atom. The average molecular weight is 233 g/mol. The fourth-order valence-corrected chi connectivity index (χ4v) is 2.37. The minimum atomic E-state index is -0.779. The summed E-state index contributed by atoms with van der Waals surface area (Å²) in [5.74, 6) is 0.446. The van der Waals surface area contributed by atoms with Gasteiger partial charge in [-0.3, -0.25) is 4.79 Å². The molecule has 3 heteroatoms. The Bertz CT molecular complexity index is 434. The summed E-state index contributed by atoms with van der Waals surface area (Å²) < 4.78 is 5.96. The molecular weight excluding hydrogens is 214 g/mol. The standard InChI is InChI=1S/C14H19NO2/c1-10-5-6-11(2)12(9-10)17-14(13(15)16)7-3-4-8-14/h5-6,9H,3-4,7-8H2,1-2H3,(H2,15,16). The van der Waals surface area contributed by atoms with E-state index in [1.807, 2.05) is 32.0 Å². The molecule has 0 heterocycles. The normalized spacial score (nSPS) is 18.0. The van der Waals surface area contributed by atoms with Crippen LogP contribution in [-0.2, 0) is 4.79 Å². The Balaban J connectivity index is 2.29. The molecule has 2 rings (SSSR count). The smallest absolute Gasteiger partial charge is 0.261 e. The molecule has 1 amide bonds. The molecule has 1 aromatic rings. The molecular formula is C14H19NO2. The van der Waals surface area contributed by atoms with E-state index in [-0.39, 0.29) is 5.91 Å². The van der Waals surface area contributed by atoms with Crippen molar-refractivity contribution >= 4 is 5.91 Å². The van der Waals surface area contributed by atoms with Crippen LogP contribution in [0.1, 0.15) is 36.8 Å². The number of rotatable bonds is 3. The first kappa shape index (κ1) is 12.0. The van der Waals surface area contributed by atoms with Crippen molar-refractivity contribution in [1.82, 2.24) is 0 Å². The van der Waals surface area contributed by atoms with Crippen LogP contribution in [0.5, 0.6) is 5.75 Å². The first-order valence-corrected chi connectivity index (χ1v) is 6.10. The number of amides is 1. The highest BCUT2D eigenvalue weighted by Crippen LogP contribution is 2.35. The van der Waals surface area contributed by atoms with Gasteiger partial charge in [-0.1, -0.05) is 12.1 Å². The summed E-state index contributed by atoms with van der Waals surface area (Å²) in [5.41, 5.74) is 6.90. The molecule has 0 bridgehead atoms. The van der Waals surface area contributed by atoms with Crippen LogP contribution in [0.2, 0.25) is 0 Å². The molecule has 0 unspecified atom stereocenters. The highest BCUT2D eigenvalue weighted by molar-refractivity contribution is 5.84. The van der Waals surface area contributed by atoms with Crippen molar-refractivity contribution in [2.24, 2.45) is 5.73 Å². The lowest BCUT2D eigenvalue weighted by atomic mass is 10.0. The summed E-state index contributed by atoms with van der Waals surface area (Å²) in [6, 6.07) is 6.01. The zero-order valence-electron chi connectivity index (χ0n) is 10.5. The second-order valence-corrected chi connectivity index (χ2v) is 4.94. The van der Waals surface area contributed by atoms with E-state index in [1.54, 1.807) is 0 Å². The zero-order valence-corrected chi connectivity index (χ0v) is 10.5. The van der Waals surface area contributed by atoms with E-state index in [2.05, 4.69) is 0 Å². The third-order valence-corrected chi connectivity index (χ3v) is 3.51. The zero-order chi connectivity index (χ0) is 12.5. The number of ether oxygens (including phenoxy) is 1. The number of hydrogen-bond acceptors (Lipinski definition) is 2. The number of benzene rings is 1. The summed E-state index contributed by atoms with van der Waals surface area (Å²) in [6.07, 6.45) is 3.48. The maximum atomic E-state index is 11.6. The highest BCUT2D eigenvalue weighted by Gasteiger charge is 2.42. The van der Waals surface area contributed by atoms with E-state index in [9.17, 15) is 4.79 Å². The van der Waals surface area contributed by atoms with E-state index >= 15 is 0 Å². The number of hydrogen-bond donors (Lipinski definition) is 1. The van der Waals surface area contributed by atoms with Gasteiger partial charge in [0, 0.05) is 0 Å². The van der Waals surface area contributed by atoms with E-state index in [1.165, 1.54) is 0 Å². The fourth-order valence-electron chi connectivity index (χ4n) is 2.37. The Labute approximate surface area is 102 Å². The number of carbonyl (C=O) groups is 1. The molecule has 0 atom stereocenters. The lowest BCUT2D eigenvalue weighted by molar-refractivity contribution is -0.133. The molecule has 1 aliphatic carbocycles. The molecule has 1 aliphatic rings. The molecule has 0 saturated heterocycles. The molecule has 17 heavy (non-hydrogen) atoms. The number of aryl methyl sites for hydroxylation is 2. The van der Waals surface area contributed by atoms with Gasteiger partial charge in [-0.2, -0.15) is 0 Å². The van der Waals surface area contributed by atoms with Crippen LogP contribution in [0.15, 0.2) is 18.2 Å². The molecule has 1 saturated carbocycles. The van der Waals surface area contributed by atoms with Crippen molar-refractivity contribution in [1.29, 1.82) is 0 Å². The molecule has 0 spiro atoms. The van der Waals surface area contributed by atoms with Crippen molar-refractivity contribution in [2.75, 3.05) is 0 Å². The average Bonchev–Trinajstić information content (AvgIpc) is 2.73. The summed E-state index contributed by atoms with van der Waals surface area (Å²) in [4.78, 5) is 11.6. The van der Waals surface area contributed by atoms with Crippen molar-refractivity contribution in [3.63, 3.8) is 0 Å². The van der Waals surface area contributed by atoms with E-state index in [4.69, 9.17) is 10.5 Å². The second-order valence-electron chi connectivity index (χ2n) is 4.94. The van der Waals surface area contributed by atoms with Crippen molar-refractivity contribution in [2.45, 2.75) is 45.1 Å². The maximum absolute atomic E-state index is 11.6. The van der Waals surface area contributed by atoms with Gasteiger partial charge in [-0.15, -0.1) is 0 Å². The molecule has 2 N–H and O–H groups in total. The Morgan fingerprint density at radius 2 is 1.94 bits per heavy atom. The molecule has 3 nitrogen and oxygen atoms in total. The first-order chi connectivity index (χ1) is 8.03. The van der Waals surface area contributed by atoms with Crippen LogP contribution >= 0.6 is 0 Å². The van der Waals surface area contributed by atoms with Gasteiger partial charge in [0.1, 0.15) is 5.75 Å². The number of primary amides is 1. The molecule has 0 aromatic heterocycles. The van der Waals surface area contributed by atoms with Gasteiger partial charge in [-0.25, -0.2) is 0 Å². The molecule has 92 valence electrons. The van der Waals surface area contributed by atoms with Crippen LogP contribution in [0.25, 0.3) is 0 Å². The Morgan fingerprint density at radius 1 is 1.29 bits per heavy atom. The lowest BCUT2D eigenvalue weighted by Crippen LogP contribution is -2.46. The summed E-state index contributed by atoms with van der Waals surface area (Å²) >= 11 is 0. The van der Waals surface area contributed by atoms with E-state index in [0.717, 1.165) is 42.6 Å². The Hall–Kier alpha value is -1.51. The first-order valence-electron chi connectivity index (χ1n) is 6.10. The van der Waals surface area contributed by atoms with Gasteiger partial charge in [0.15, 0.2) is 5.60 Å². The summed E-state index contributed by atoms with van der Waals surface area (Å²) in [5, 5.41) is 0. The largest absolute Gasteiger partial charge is 0.477 e. The fraction of sp³-hybridized carbons (Fsp3) is 0.500. The van der Waals surface area contributed by atoms with Crippen molar-refractivity contribution < 1.29 is 9.53 Å². The minimum Gasteiger partial charge on any atom is -0.477 e.